The van der Waals surface area contributed by atoms with Gasteiger partial charge in [0.05, 0.1) is 5.02 Å². The minimum Gasteiger partial charge on any atom is -0.383 e. The molecule has 0 amide bonds. The molecule has 1 fully saturated rings. The van der Waals surface area contributed by atoms with Gasteiger partial charge in [0, 0.05) is 18.3 Å². The highest BCUT2D eigenvalue weighted by atomic mass is 35.5. The molecule has 2 N–H and O–H groups in total. The van der Waals surface area contributed by atoms with E-state index >= 15 is 0 Å². The molecule has 15 heavy (non-hydrogen) atoms. The molecule has 1 heterocycles. The number of rotatable bonds is 3. The van der Waals surface area contributed by atoms with Crippen LogP contribution >= 0.6 is 11.6 Å². The van der Waals surface area contributed by atoms with Crippen LogP contribution in [0.3, 0.4) is 0 Å². The van der Waals surface area contributed by atoms with Crippen LogP contribution in [0.5, 0.6) is 0 Å². The van der Waals surface area contributed by atoms with Crippen molar-refractivity contribution in [2.75, 3.05) is 18.4 Å². The van der Waals surface area contributed by atoms with E-state index in [9.17, 15) is 4.39 Å². The number of halogens is 2. The van der Waals surface area contributed by atoms with Gasteiger partial charge < -0.3 is 10.6 Å². The summed E-state index contributed by atoms with van der Waals surface area (Å²) < 4.78 is 12.9. The minimum absolute atomic E-state index is 0.166. The average molecular weight is 229 g/mol. The fourth-order valence-corrected chi connectivity index (χ4v) is 1.96. The molecular formula is C11H14ClFN2. The molecule has 1 aromatic rings. The highest BCUT2D eigenvalue weighted by Gasteiger charge is 2.13. The van der Waals surface area contributed by atoms with Gasteiger partial charge in [-0.3, -0.25) is 0 Å². The summed E-state index contributed by atoms with van der Waals surface area (Å²) in [6.45, 7) is 1.96. The second-order valence-corrected chi connectivity index (χ2v) is 4.21. The quantitative estimate of drug-likeness (QED) is 0.831. The maximum absolute atomic E-state index is 12.9. The lowest BCUT2D eigenvalue weighted by Gasteiger charge is -2.12. The van der Waals surface area contributed by atoms with Crippen LogP contribution in [0.1, 0.15) is 12.8 Å². The van der Waals surface area contributed by atoms with Gasteiger partial charge in [0.25, 0.3) is 0 Å². The van der Waals surface area contributed by atoms with Crippen LogP contribution in [0.4, 0.5) is 10.1 Å². The van der Waals surface area contributed by atoms with Crippen molar-refractivity contribution >= 4 is 17.3 Å². The normalized spacial score (nSPS) is 20.5. The predicted molar refractivity (Wildman–Crippen MR) is 60.9 cm³/mol. The van der Waals surface area contributed by atoms with Gasteiger partial charge >= 0.3 is 0 Å². The Kier molecular flexibility index (Phi) is 3.44. The van der Waals surface area contributed by atoms with Gasteiger partial charge in [0.1, 0.15) is 5.82 Å². The predicted octanol–water partition coefficient (Wildman–Crippen LogP) is 2.64. The van der Waals surface area contributed by atoms with E-state index in [0.29, 0.717) is 6.04 Å². The number of hydrogen-bond acceptors (Lipinski definition) is 2. The second-order valence-electron chi connectivity index (χ2n) is 3.80. The van der Waals surface area contributed by atoms with Gasteiger partial charge in [-0.2, -0.15) is 0 Å². The number of nitrogens with one attached hydrogen (secondary N) is 2. The Hall–Kier alpha value is -0.800. The van der Waals surface area contributed by atoms with Crippen molar-refractivity contribution in [3.05, 3.63) is 29.0 Å². The van der Waals surface area contributed by atoms with Crippen molar-refractivity contribution < 1.29 is 4.39 Å². The molecule has 1 aromatic carbocycles. The Balaban J connectivity index is 1.90. The minimum atomic E-state index is -0.374. The molecule has 0 bridgehead atoms. The zero-order valence-electron chi connectivity index (χ0n) is 8.39. The van der Waals surface area contributed by atoms with Crippen molar-refractivity contribution in [3.8, 4) is 0 Å². The van der Waals surface area contributed by atoms with Gasteiger partial charge in [-0.25, -0.2) is 4.39 Å². The van der Waals surface area contributed by atoms with Crippen LogP contribution in [0.25, 0.3) is 0 Å². The van der Waals surface area contributed by atoms with Crippen LogP contribution < -0.4 is 10.6 Å². The summed E-state index contributed by atoms with van der Waals surface area (Å²) in [6.07, 6.45) is 2.43. The van der Waals surface area contributed by atoms with E-state index in [1.54, 1.807) is 12.1 Å². The standard InChI is InChI=1S/C11H14ClFN2/c12-10-6-8(3-4-11(10)13)15-7-9-2-1-5-14-9/h3-4,6,9,14-15H,1-2,5,7H2. The molecule has 1 aliphatic rings. The molecule has 82 valence electrons. The largest absolute Gasteiger partial charge is 0.383 e. The van der Waals surface area contributed by atoms with Crippen molar-refractivity contribution in [2.24, 2.45) is 0 Å². The summed E-state index contributed by atoms with van der Waals surface area (Å²) in [5, 5.41) is 6.79. The Labute approximate surface area is 93.8 Å². The molecule has 0 radical (unpaired) electrons. The Morgan fingerprint density at radius 1 is 1.53 bits per heavy atom. The highest BCUT2D eigenvalue weighted by molar-refractivity contribution is 6.31. The van der Waals surface area contributed by atoms with E-state index in [-0.39, 0.29) is 10.8 Å². The average Bonchev–Trinajstić information content (AvgIpc) is 2.73. The van der Waals surface area contributed by atoms with Crippen LogP contribution in [0, 0.1) is 5.82 Å². The SMILES string of the molecule is Fc1ccc(NCC2CCCN2)cc1Cl. The smallest absolute Gasteiger partial charge is 0.141 e. The van der Waals surface area contributed by atoms with E-state index in [1.807, 2.05) is 0 Å². The van der Waals surface area contributed by atoms with Crippen LogP contribution in [-0.2, 0) is 0 Å². The summed E-state index contributed by atoms with van der Waals surface area (Å²) >= 11 is 5.68. The number of anilines is 1. The molecule has 2 rings (SSSR count). The number of hydrogen-bond donors (Lipinski definition) is 2. The Morgan fingerprint density at radius 2 is 2.40 bits per heavy atom. The third-order valence-electron chi connectivity index (χ3n) is 2.63. The molecule has 0 aromatic heterocycles. The maximum Gasteiger partial charge on any atom is 0.141 e. The molecular weight excluding hydrogens is 215 g/mol. The first-order valence-corrected chi connectivity index (χ1v) is 5.56. The summed E-state index contributed by atoms with van der Waals surface area (Å²) in [5.41, 5.74) is 0.870. The molecule has 1 unspecified atom stereocenters. The summed E-state index contributed by atoms with van der Waals surface area (Å²) in [5.74, 6) is -0.374. The van der Waals surface area contributed by atoms with Crippen molar-refractivity contribution in [1.82, 2.24) is 5.32 Å². The van der Waals surface area contributed by atoms with E-state index in [2.05, 4.69) is 10.6 Å². The molecule has 1 atom stereocenters. The molecule has 1 saturated heterocycles. The van der Waals surface area contributed by atoms with Gasteiger partial charge in [0.2, 0.25) is 0 Å². The zero-order chi connectivity index (χ0) is 10.7. The number of benzene rings is 1. The molecule has 0 aliphatic carbocycles. The summed E-state index contributed by atoms with van der Waals surface area (Å²) in [7, 11) is 0. The second kappa shape index (κ2) is 4.81. The highest BCUT2D eigenvalue weighted by Crippen LogP contribution is 2.19. The Morgan fingerprint density at radius 3 is 3.07 bits per heavy atom. The monoisotopic (exact) mass is 228 g/mol. The van der Waals surface area contributed by atoms with Crippen molar-refractivity contribution in [1.29, 1.82) is 0 Å². The lowest BCUT2D eigenvalue weighted by Crippen LogP contribution is -2.29. The fraction of sp³-hybridized carbons (Fsp3) is 0.455. The molecule has 0 saturated carbocycles. The van der Waals surface area contributed by atoms with Crippen LogP contribution in [0.15, 0.2) is 18.2 Å². The summed E-state index contributed by atoms with van der Waals surface area (Å²) in [4.78, 5) is 0. The first-order valence-electron chi connectivity index (χ1n) is 5.18. The van der Waals surface area contributed by atoms with Gasteiger partial charge in [0.15, 0.2) is 0 Å². The van der Waals surface area contributed by atoms with Crippen molar-refractivity contribution in [3.63, 3.8) is 0 Å². The Bertz CT molecular complexity index is 337. The van der Waals surface area contributed by atoms with Gasteiger partial charge in [-0.1, -0.05) is 11.6 Å². The van der Waals surface area contributed by atoms with Crippen LogP contribution in [-0.4, -0.2) is 19.1 Å². The van der Waals surface area contributed by atoms with Gasteiger partial charge in [-0.15, -0.1) is 0 Å². The lowest BCUT2D eigenvalue weighted by molar-refractivity contribution is 0.626. The summed E-state index contributed by atoms with van der Waals surface area (Å²) in [6, 6.07) is 5.23. The van der Waals surface area contributed by atoms with Crippen LogP contribution in [0.2, 0.25) is 5.02 Å². The molecule has 4 heteroatoms. The molecule has 1 aliphatic heterocycles. The fourth-order valence-electron chi connectivity index (χ4n) is 1.78. The first-order chi connectivity index (χ1) is 7.25. The maximum atomic E-state index is 12.9. The zero-order valence-corrected chi connectivity index (χ0v) is 9.15. The molecule has 2 nitrogen and oxygen atoms in total. The lowest BCUT2D eigenvalue weighted by atomic mass is 10.2. The topological polar surface area (TPSA) is 24.1 Å². The third kappa shape index (κ3) is 2.83. The van der Waals surface area contributed by atoms with E-state index < -0.39 is 0 Å². The molecule has 0 spiro atoms. The van der Waals surface area contributed by atoms with E-state index in [0.717, 1.165) is 18.8 Å². The van der Waals surface area contributed by atoms with Gasteiger partial charge in [-0.05, 0) is 37.6 Å². The van der Waals surface area contributed by atoms with Crippen molar-refractivity contribution in [2.45, 2.75) is 18.9 Å². The first kappa shape index (κ1) is 10.7. The third-order valence-corrected chi connectivity index (χ3v) is 2.92. The van der Waals surface area contributed by atoms with E-state index in [1.165, 1.54) is 18.9 Å². The van der Waals surface area contributed by atoms with E-state index in [4.69, 9.17) is 11.6 Å².